The number of nitrogens with two attached hydrogens (primary N) is 1. The van der Waals surface area contributed by atoms with Crippen LogP contribution in [0.4, 0.5) is 4.39 Å². The summed E-state index contributed by atoms with van der Waals surface area (Å²) in [6.07, 6.45) is 0.749. The molecule has 1 aromatic carbocycles. The highest BCUT2D eigenvalue weighted by molar-refractivity contribution is 5.23. The van der Waals surface area contributed by atoms with Crippen LogP contribution in [-0.4, -0.2) is 18.2 Å². The molecule has 3 N–H and O–H groups in total. The standard InChI is InChI=1S/C10H12FNO/c11-9-3-1-8(2-4-9)10(13)5-6-12-7-10/h1-4,12-13H,5-7H2/p+1/t10-/m0/s1. The fraction of sp³-hybridized carbons (Fsp3) is 0.400. The molecule has 0 aliphatic carbocycles. The molecular weight excluding hydrogens is 169 g/mol. The van der Waals surface area contributed by atoms with E-state index in [2.05, 4.69) is 5.32 Å². The minimum Gasteiger partial charge on any atom is -0.379 e. The van der Waals surface area contributed by atoms with Gasteiger partial charge in [-0.2, -0.15) is 0 Å². The maximum Gasteiger partial charge on any atom is 0.143 e. The van der Waals surface area contributed by atoms with E-state index in [1.54, 1.807) is 12.1 Å². The van der Waals surface area contributed by atoms with Gasteiger partial charge in [-0.05, 0) is 17.7 Å². The molecule has 2 rings (SSSR count). The highest BCUT2D eigenvalue weighted by atomic mass is 19.1. The van der Waals surface area contributed by atoms with Crippen LogP contribution >= 0.6 is 0 Å². The second kappa shape index (κ2) is 3.09. The molecule has 3 heteroatoms. The van der Waals surface area contributed by atoms with Crippen LogP contribution in [-0.2, 0) is 5.60 Å². The lowest BCUT2D eigenvalue weighted by atomic mass is 9.93. The number of rotatable bonds is 1. The number of hydrogen-bond acceptors (Lipinski definition) is 1. The lowest BCUT2D eigenvalue weighted by molar-refractivity contribution is -0.642. The van der Waals surface area contributed by atoms with E-state index in [0.717, 1.165) is 18.5 Å². The largest absolute Gasteiger partial charge is 0.379 e. The van der Waals surface area contributed by atoms with E-state index in [-0.39, 0.29) is 5.82 Å². The maximum atomic E-state index is 12.6. The highest BCUT2D eigenvalue weighted by Crippen LogP contribution is 2.24. The van der Waals surface area contributed by atoms with Crippen molar-refractivity contribution in [2.45, 2.75) is 12.0 Å². The summed E-state index contributed by atoms with van der Waals surface area (Å²) in [7, 11) is 0. The number of quaternary nitrogens is 1. The first-order valence-electron chi connectivity index (χ1n) is 4.51. The quantitative estimate of drug-likeness (QED) is 0.629. The Bertz CT molecular complexity index is 290. The first-order valence-corrected chi connectivity index (χ1v) is 4.51. The molecule has 2 nitrogen and oxygen atoms in total. The predicted molar refractivity (Wildman–Crippen MR) is 46.6 cm³/mol. The third-order valence-corrected chi connectivity index (χ3v) is 2.63. The normalized spacial score (nSPS) is 27.8. The molecule has 0 saturated carbocycles. The molecule has 1 atom stereocenters. The van der Waals surface area contributed by atoms with Gasteiger partial charge in [-0.3, -0.25) is 0 Å². The van der Waals surface area contributed by atoms with Crippen LogP contribution in [0.2, 0.25) is 0 Å². The number of hydrogen-bond donors (Lipinski definition) is 2. The van der Waals surface area contributed by atoms with Crippen molar-refractivity contribution in [1.29, 1.82) is 0 Å². The van der Waals surface area contributed by atoms with E-state index in [0.29, 0.717) is 6.54 Å². The van der Waals surface area contributed by atoms with Crippen LogP contribution < -0.4 is 5.32 Å². The zero-order valence-electron chi connectivity index (χ0n) is 7.33. The van der Waals surface area contributed by atoms with Gasteiger partial charge in [0.05, 0.1) is 6.54 Å². The number of aliphatic hydroxyl groups is 1. The lowest BCUT2D eigenvalue weighted by Gasteiger charge is -2.18. The minimum absolute atomic E-state index is 0.255. The van der Waals surface area contributed by atoms with Gasteiger partial charge in [0.25, 0.3) is 0 Å². The summed E-state index contributed by atoms with van der Waals surface area (Å²) < 4.78 is 12.6. The summed E-state index contributed by atoms with van der Waals surface area (Å²) >= 11 is 0. The summed E-state index contributed by atoms with van der Waals surface area (Å²) in [5.41, 5.74) is 0.0795. The van der Waals surface area contributed by atoms with Crippen molar-refractivity contribution in [2.24, 2.45) is 0 Å². The number of benzene rings is 1. The van der Waals surface area contributed by atoms with Gasteiger partial charge in [0, 0.05) is 6.42 Å². The Morgan fingerprint density at radius 2 is 2.00 bits per heavy atom. The fourth-order valence-electron chi connectivity index (χ4n) is 1.81. The van der Waals surface area contributed by atoms with Gasteiger partial charge in [0.1, 0.15) is 18.0 Å². The van der Waals surface area contributed by atoms with E-state index in [4.69, 9.17) is 0 Å². The Hall–Kier alpha value is -0.930. The van der Waals surface area contributed by atoms with Crippen LogP contribution in [0.1, 0.15) is 12.0 Å². The van der Waals surface area contributed by atoms with Crippen molar-refractivity contribution in [3.63, 3.8) is 0 Å². The summed E-state index contributed by atoms with van der Waals surface area (Å²) in [4.78, 5) is 0. The molecule has 0 radical (unpaired) electrons. The van der Waals surface area contributed by atoms with Gasteiger partial charge in [0.15, 0.2) is 0 Å². The Morgan fingerprint density at radius 1 is 1.31 bits per heavy atom. The Balaban J connectivity index is 2.29. The van der Waals surface area contributed by atoms with Crippen molar-refractivity contribution in [3.8, 4) is 0 Å². The summed E-state index contributed by atoms with van der Waals surface area (Å²) in [6, 6.07) is 6.11. The van der Waals surface area contributed by atoms with E-state index < -0.39 is 5.60 Å². The van der Waals surface area contributed by atoms with Crippen molar-refractivity contribution >= 4 is 0 Å². The third-order valence-electron chi connectivity index (χ3n) is 2.63. The molecule has 0 spiro atoms. The van der Waals surface area contributed by atoms with Crippen molar-refractivity contribution in [2.75, 3.05) is 13.1 Å². The molecule has 0 bridgehead atoms. The first-order chi connectivity index (χ1) is 6.21. The predicted octanol–water partition coefficient (Wildman–Crippen LogP) is -0.0196. The Kier molecular flexibility index (Phi) is 2.06. The first kappa shape index (κ1) is 8.66. The van der Waals surface area contributed by atoms with Crippen molar-refractivity contribution in [3.05, 3.63) is 35.6 Å². The Labute approximate surface area is 76.4 Å². The van der Waals surface area contributed by atoms with Gasteiger partial charge in [-0.25, -0.2) is 4.39 Å². The zero-order chi connectivity index (χ0) is 9.31. The van der Waals surface area contributed by atoms with Crippen LogP contribution in [0.15, 0.2) is 24.3 Å². The van der Waals surface area contributed by atoms with Crippen molar-refractivity contribution in [1.82, 2.24) is 0 Å². The molecule has 13 heavy (non-hydrogen) atoms. The van der Waals surface area contributed by atoms with E-state index in [9.17, 15) is 9.50 Å². The van der Waals surface area contributed by atoms with Crippen LogP contribution in [0.25, 0.3) is 0 Å². The second-order valence-corrected chi connectivity index (χ2v) is 3.57. The Morgan fingerprint density at radius 3 is 2.54 bits per heavy atom. The summed E-state index contributed by atoms with van der Waals surface area (Å²) in [6.45, 7) is 1.62. The molecule has 0 amide bonds. The molecule has 0 unspecified atom stereocenters. The molecule has 0 aromatic heterocycles. The average molecular weight is 182 g/mol. The van der Waals surface area contributed by atoms with Gasteiger partial charge in [-0.1, -0.05) is 12.1 Å². The minimum atomic E-state index is -0.742. The molecule has 1 aliphatic heterocycles. The zero-order valence-corrected chi connectivity index (χ0v) is 7.33. The van der Waals surface area contributed by atoms with E-state index >= 15 is 0 Å². The number of halogens is 1. The summed E-state index contributed by atoms with van der Waals surface area (Å²) in [5, 5.41) is 12.2. The molecule has 1 aliphatic rings. The molecule has 1 heterocycles. The van der Waals surface area contributed by atoms with Gasteiger partial charge in [0.2, 0.25) is 0 Å². The third kappa shape index (κ3) is 1.57. The molecule has 1 fully saturated rings. The average Bonchev–Trinajstić information content (AvgIpc) is 2.54. The van der Waals surface area contributed by atoms with E-state index in [1.807, 2.05) is 0 Å². The maximum absolute atomic E-state index is 12.6. The fourth-order valence-corrected chi connectivity index (χ4v) is 1.81. The SMILES string of the molecule is O[C@@]1(c2ccc(F)cc2)CC[NH2+]C1. The molecular formula is C10H13FNO+. The highest BCUT2D eigenvalue weighted by Gasteiger charge is 2.36. The van der Waals surface area contributed by atoms with Crippen LogP contribution in [0, 0.1) is 5.82 Å². The van der Waals surface area contributed by atoms with E-state index in [1.165, 1.54) is 12.1 Å². The molecule has 1 saturated heterocycles. The van der Waals surface area contributed by atoms with Crippen LogP contribution in [0.5, 0.6) is 0 Å². The smallest absolute Gasteiger partial charge is 0.143 e. The molecule has 1 aromatic rings. The van der Waals surface area contributed by atoms with Crippen LogP contribution in [0.3, 0.4) is 0 Å². The lowest BCUT2D eigenvalue weighted by Crippen LogP contribution is -2.82. The molecule has 70 valence electrons. The summed E-state index contributed by atoms with van der Waals surface area (Å²) in [5.74, 6) is -0.255. The van der Waals surface area contributed by atoms with Gasteiger partial charge >= 0.3 is 0 Å². The monoisotopic (exact) mass is 182 g/mol. The van der Waals surface area contributed by atoms with Crippen molar-refractivity contribution < 1.29 is 14.8 Å². The second-order valence-electron chi connectivity index (χ2n) is 3.57. The topological polar surface area (TPSA) is 36.8 Å². The van der Waals surface area contributed by atoms with Gasteiger partial charge in [-0.15, -0.1) is 0 Å². The van der Waals surface area contributed by atoms with Gasteiger partial charge < -0.3 is 10.4 Å².